The summed E-state index contributed by atoms with van der Waals surface area (Å²) in [6, 6.07) is 12.4. The fourth-order valence-electron chi connectivity index (χ4n) is 3.43. The number of fused-ring (bicyclic) bond motifs is 1. The molecular weight excluding hydrogens is 316 g/mol. The zero-order valence-corrected chi connectivity index (χ0v) is 14.3. The van der Waals surface area contributed by atoms with Crippen LogP contribution in [0.4, 0.5) is 0 Å². The second-order valence-corrected chi connectivity index (χ2v) is 6.54. The standard InChI is InChI=1S/C19H22N4O2/c1-22(16-7-10-25-11-8-16)19(24)17-12-15(20-21-17)13-23-9-6-14-4-2-3-5-18(14)23/h2-6,9,12,16H,7-8,10-11,13H2,1H3,(H,20,21). The van der Waals surface area contributed by atoms with Crippen molar-refractivity contribution in [2.45, 2.75) is 25.4 Å². The molecule has 1 saturated heterocycles. The summed E-state index contributed by atoms with van der Waals surface area (Å²) in [5.41, 5.74) is 2.56. The van der Waals surface area contributed by atoms with Gasteiger partial charge >= 0.3 is 0 Å². The highest BCUT2D eigenvalue weighted by Crippen LogP contribution is 2.18. The zero-order valence-electron chi connectivity index (χ0n) is 14.3. The number of hydrogen-bond acceptors (Lipinski definition) is 3. The van der Waals surface area contributed by atoms with Gasteiger partial charge in [0.05, 0.1) is 12.2 Å². The molecule has 0 spiro atoms. The third-order valence-corrected chi connectivity index (χ3v) is 4.93. The first-order valence-corrected chi connectivity index (χ1v) is 8.65. The maximum atomic E-state index is 12.7. The van der Waals surface area contributed by atoms with Gasteiger partial charge in [-0.05, 0) is 36.4 Å². The molecule has 1 fully saturated rings. The molecule has 3 aromatic rings. The van der Waals surface area contributed by atoms with Crippen molar-refractivity contribution in [2.24, 2.45) is 0 Å². The van der Waals surface area contributed by atoms with E-state index in [1.54, 1.807) is 4.90 Å². The summed E-state index contributed by atoms with van der Waals surface area (Å²) < 4.78 is 7.52. The van der Waals surface area contributed by atoms with Crippen LogP contribution < -0.4 is 0 Å². The molecule has 130 valence electrons. The molecule has 0 radical (unpaired) electrons. The lowest BCUT2D eigenvalue weighted by Gasteiger charge is -2.30. The number of nitrogens with one attached hydrogen (secondary N) is 1. The van der Waals surface area contributed by atoms with E-state index >= 15 is 0 Å². The predicted molar refractivity (Wildman–Crippen MR) is 95.6 cm³/mol. The number of rotatable bonds is 4. The zero-order chi connectivity index (χ0) is 17.2. The van der Waals surface area contributed by atoms with Crippen LogP contribution >= 0.6 is 0 Å². The van der Waals surface area contributed by atoms with Crippen molar-refractivity contribution in [2.75, 3.05) is 20.3 Å². The topological polar surface area (TPSA) is 63.2 Å². The van der Waals surface area contributed by atoms with Crippen LogP contribution in [0.5, 0.6) is 0 Å². The minimum atomic E-state index is -0.0354. The third-order valence-electron chi connectivity index (χ3n) is 4.93. The molecular formula is C19H22N4O2. The lowest BCUT2D eigenvalue weighted by atomic mass is 10.1. The predicted octanol–water partition coefficient (Wildman–Crippen LogP) is 2.66. The number of carbonyl (C=O) groups is 1. The van der Waals surface area contributed by atoms with Crippen molar-refractivity contribution < 1.29 is 9.53 Å². The molecule has 1 aliphatic heterocycles. The van der Waals surface area contributed by atoms with Gasteiger partial charge in [0.25, 0.3) is 5.91 Å². The fraction of sp³-hybridized carbons (Fsp3) is 0.368. The minimum Gasteiger partial charge on any atom is -0.381 e. The van der Waals surface area contributed by atoms with Gasteiger partial charge in [-0.2, -0.15) is 5.10 Å². The number of aromatic amines is 1. The Morgan fingerprint density at radius 1 is 1.32 bits per heavy atom. The van der Waals surface area contributed by atoms with Crippen molar-refractivity contribution >= 4 is 16.8 Å². The van der Waals surface area contributed by atoms with E-state index in [-0.39, 0.29) is 11.9 Å². The monoisotopic (exact) mass is 338 g/mol. The maximum Gasteiger partial charge on any atom is 0.274 e. The van der Waals surface area contributed by atoms with Gasteiger partial charge in [0.2, 0.25) is 0 Å². The number of para-hydroxylation sites is 1. The molecule has 2 aromatic heterocycles. The summed E-state index contributed by atoms with van der Waals surface area (Å²) in [4.78, 5) is 14.5. The average Bonchev–Trinajstić information content (AvgIpc) is 3.29. The van der Waals surface area contributed by atoms with Crippen LogP contribution in [0.25, 0.3) is 10.9 Å². The summed E-state index contributed by atoms with van der Waals surface area (Å²) in [5, 5.41) is 8.44. The number of hydrogen-bond donors (Lipinski definition) is 1. The van der Waals surface area contributed by atoms with Crippen LogP contribution in [-0.4, -0.2) is 51.9 Å². The Morgan fingerprint density at radius 2 is 2.12 bits per heavy atom. The molecule has 0 unspecified atom stereocenters. The Hall–Kier alpha value is -2.60. The van der Waals surface area contributed by atoms with Gasteiger partial charge in [-0.25, -0.2) is 0 Å². The molecule has 1 N–H and O–H groups in total. The van der Waals surface area contributed by atoms with Crippen LogP contribution in [0, 0.1) is 0 Å². The van der Waals surface area contributed by atoms with E-state index in [9.17, 15) is 4.79 Å². The average molecular weight is 338 g/mol. The minimum absolute atomic E-state index is 0.0354. The lowest BCUT2D eigenvalue weighted by Crippen LogP contribution is -2.40. The van der Waals surface area contributed by atoms with E-state index in [0.29, 0.717) is 12.2 Å². The SMILES string of the molecule is CN(C(=O)c1cc(Cn2ccc3ccccc32)[nH]n1)C1CCOCC1. The summed E-state index contributed by atoms with van der Waals surface area (Å²) in [6.45, 7) is 2.10. The van der Waals surface area contributed by atoms with Gasteiger partial charge < -0.3 is 14.2 Å². The van der Waals surface area contributed by atoms with Crippen molar-refractivity contribution in [3.8, 4) is 0 Å². The fourth-order valence-corrected chi connectivity index (χ4v) is 3.43. The van der Waals surface area contributed by atoms with E-state index < -0.39 is 0 Å². The van der Waals surface area contributed by atoms with Gasteiger partial charge in [0.1, 0.15) is 5.69 Å². The summed E-state index contributed by atoms with van der Waals surface area (Å²) in [5.74, 6) is -0.0354. The van der Waals surface area contributed by atoms with E-state index in [2.05, 4.69) is 39.2 Å². The van der Waals surface area contributed by atoms with E-state index in [4.69, 9.17) is 4.74 Å². The molecule has 0 bridgehead atoms. The Kier molecular flexibility index (Phi) is 4.28. The number of carbonyl (C=O) groups excluding carboxylic acids is 1. The molecule has 1 aromatic carbocycles. The molecule has 0 aliphatic carbocycles. The van der Waals surface area contributed by atoms with Crippen LogP contribution in [0.15, 0.2) is 42.6 Å². The van der Waals surface area contributed by atoms with Crippen LogP contribution in [0.2, 0.25) is 0 Å². The van der Waals surface area contributed by atoms with E-state index in [1.165, 1.54) is 10.9 Å². The first-order chi connectivity index (χ1) is 12.2. The van der Waals surface area contributed by atoms with Crippen LogP contribution in [0.1, 0.15) is 29.0 Å². The number of nitrogens with zero attached hydrogens (tertiary/aromatic N) is 3. The Morgan fingerprint density at radius 3 is 2.96 bits per heavy atom. The number of aromatic nitrogens is 3. The largest absolute Gasteiger partial charge is 0.381 e. The van der Waals surface area contributed by atoms with Gasteiger partial charge in [-0.15, -0.1) is 0 Å². The molecule has 3 heterocycles. The van der Waals surface area contributed by atoms with Gasteiger partial charge in [0.15, 0.2) is 0 Å². The van der Waals surface area contributed by atoms with E-state index in [0.717, 1.165) is 31.7 Å². The highest BCUT2D eigenvalue weighted by Gasteiger charge is 2.24. The van der Waals surface area contributed by atoms with Crippen LogP contribution in [0.3, 0.4) is 0 Å². The van der Waals surface area contributed by atoms with Crippen molar-refractivity contribution in [1.82, 2.24) is 19.7 Å². The van der Waals surface area contributed by atoms with Gasteiger partial charge in [0, 0.05) is 38.0 Å². The normalized spacial score (nSPS) is 15.6. The first-order valence-electron chi connectivity index (χ1n) is 8.65. The highest BCUT2D eigenvalue weighted by molar-refractivity contribution is 5.92. The molecule has 4 rings (SSSR count). The Labute approximate surface area is 146 Å². The van der Waals surface area contributed by atoms with Crippen LogP contribution in [-0.2, 0) is 11.3 Å². The molecule has 6 nitrogen and oxygen atoms in total. The summed E-state index contributed by atoms with van der Waals surface area (Å²) in [7, 11) is 1.85. The molecule has 6 heteroatoms. The maximum absolute atomic E-state index is 12.7. The highest BCUT2D eigenvalue weighted by atomic mass is 16.5. The Balaban J connectivity index is 1.49. The third kappa shape index (κ3) is 3.17. The Bertz CT molecular complexity index is 876. The summed E-state index contributed by atoms with van der Waals surface area (Å²) in [6.07, 6.45) is 3.82. The van der Waals surface area contributed by atoms with E-state index in [1.807, 2.05) is 25.2 Å². The smallest absolute Gasteiger partial charge is 0.274 e. The molecule has 0 atom stereocenters. The lowest BCUT2D eigenvalue weighted by molar-refractivity contribution is 0.0359. The van der Waals surface area contributed by atoms with Gasteiger partial charge in [-0.3, -0.25) is 9.89 Å². The first kappa shape index (κ1) is 15.9. The molecule has 0 saturated carbocycles. The number of benzene rings is 1. The van der Waals surface area contributed by atoms with Crippen molar-refractivity contribution in [3.05, 3.63) is 54.0 Å². The second kappa shape index (κ2) is 6.72. The molecule has 25 heavy (non-hydrogen) atoms. The second-order valence-electron chi connectivity index (χ2n) is 6.54. The number of H-pyrrole nitrogens is 1. The molecule has 1 aliphatic rings. The number of ether oxygens (including phenoxy) is 1. The molecule has 1 amide bonds. The van der Waals surface area contributed by atoms with Crippen molar-refractivity contribution in [3.63, 3.8) is 0 Å². The number of amides is 1. The van der Waals surface area contributed by atoms with Gasteiger partial charge in [-0.1, -0.05) is 18.2 Å². The van der Waals surface area contributed by atoms with Crippen molar-refractivity contribution in [1.29, 1.82) is 0 Å². The quantitative estimate of drug-likeness (QED) is 0.795. The summed E-state index contributed by atoms with van der Waals surface area (Å²) >= 11 is 0.